The van der Waals surface area contributed by atoms with Crippen molar-refractivity contribution < 1.29 is 14.1 Å². The molecule has 2 aromatic carbocycles. The topological polar surface area (TPSA) is 68.5 Å². The summed E-state index contributed by atoms with van der Waals surface area (Å²) in [7, 11) is 0. The van der Waals surface area contributed by atoms with E-state index >= 15 is 0 Å². The molecular weight excluding hydrogens is 378 g/mol. The molecule has 3 aromatic rings. The van der Waals surface area contributed by atoms with Crippen LogP contribution >= 0.6 is 11.6 Å². The van der Waals surface area contributed by atoms with Crippen LogP contribution < -0.4 is 4.74 Å². The quantitative estimate of drug-likeness (QED) is 0.587. The van der Waals surface area contributed by atoms with Crippen molar-refractivity contribution in [2.75, 3.05) is 13.2 Å². The molecule has 0 saturated heterocycles. The molecule has 0 spiro atoms. The number of rotatable bonds is 7. The van der Waals surface area contributed by atoms with Crippen molar-refractivity contribution in [3.63, 3.8) is 0 Å². The highest BCUT2D eigenvalue weighted by molar-refractivity contribution is 6.30. The molecule has 0 aliphatic rings. The van der Waals surface area contributed by atoms with Crippen molar-refractivity contribution in [2.45, 2.75) is 27.3 Å². The Hall–Kier alpha value is -2.86. The summed E-state index contributed by atoms with van der Waals surface area (Å²) in [5.41, 5.74) is 2.98. The second kappa shape index (κ2) is 8.89. The molecule has 1 aromatic heterocycles. The maximum atomic E-state index is 12.5. The SMILES string of the molecule is CCN(Cc1nc(-c2ccc(Cl)cc2)no1)C(=O)COc1cc(C)cc(C)c1. The predicted molar refractivity (Wildman–Crippen MR) is 107 cm³/mol. The first-order valence-corrected chi connectivity index (χ1v) is 9.40. The first-order valence-electron chi connectivity index (χ1n) is 9.02. The van der Waals surface area contributed by atoms with E-state index in [0.29, 0.717) is 29.0 Å². The van der Waals surface area contributed by atoms with Crippen molar-refractivity contribution in [3.05, 3.63) is 64.5 Å². The first kappa shape index (κ1) is 19.9. The smallest absolute Gasteiger partial charge is 0.260 e. The Kier molecular flexibility index (Phi) is 6.31. The Morgan fingerprint density at radius 1 is 1.14 bits per heavy atom. The summed E-state index contributed by atoms with van der Waals surface area (Å²) >= 11 is 5.90. The molecule has 0 aliphatic heterocycles. The zero-order valence-electron chi connectivity index (χ0n) is 16.1. The van der Waals surface area contributed by atoms with Crippen LogP contribution in [0.25, 0.3) is 11.4 Å². The third kappa shape index (κ3) is 5.10. The highest BCUT2D eigenvalue weighted by Gasteiger charge is 2.17. The number of amides is 1. The summed E-state index contributed by atoms with van der Waals surface area (Å²) in [6, 6.07) is 13.0. The number of hydrogen-bond acceptors (Lipinski definition) is 5. The lowest BCUT2D eigenvalue weighted by molar-refractivity contribution is -0.134. The normalized spacial score (nSPS) is 10.7. The number of aromatic nitrogens is 2. The Morgan fingerprint density at radius 3 is 2.46 bits per heavy atom. The lowest BCUT2D eigenvalue weighted by atomic mass is 10.1. The molecular formula is C21H22ClN3O3. The van der Waals surface area contributed by atoms with Crippen LogP contribution in [0.4, 0.5) is 0 Å². The van der Waals surface area contributed by atoms with E-state index in [0.717, 1.165) is 16.7 Å². The number of nitrogens with zero attached hydrogens (tertiary/aromatic N) is 3. The average molecular weight is 400 g/mol. The van der Waals surface area contributed by atoms with E-state index in [2.05, 4.69) is 16.2 Å². The molecule has 7 heteroatoms. The summed E-state index contributed by atoms with van der Waals surface area (Å²) < 4.78 is 11.0. The van der Waals surface area contributed by atoms with Crippen LogP contribution in [0.15, 0.2) is 47.0 Å². The summed E-state index contributed by atoms with van der Waals surface area (Å²) in [4.78, 5) is 18.5. The van der Waals surface area contributed by atoms with Gasteiger partial charge in [-0.25, -0.2) is 0 Å². The van der Waals surface area contributed by atoms with Gasteiger partial charge in [0.15, 0.2) is 6.61 Å². The molecule has 0 radical (unpaired) electrons. The van der Waals surface area contributed by atoms with Gasteiger partial charge in [-0.3, -0.25) is 4.79 Å². The molecule has 0 aliphatic carbocycles. The maximum Gasteiger partial charge on any atom is 0.260 e. The third-order valence-corrected chi connectivity index (χ3v) is 4.44. The lowest BCUT2D eigenvalue weighted by Crippen LogP contribution is -2.34. The zero-order valence-corrected chi connectivity index (χ0v) is 16.9. The highest BCUT2D eigenvalue weighted by atomic mass is 35.5. The van der Waals surface area contributed by atoms with Crippen molar-refractivity contribution >= 4 is 17.5 Å². The second-order valence-electron chi connectivity index (χ2n) is 6.54. The standard InChI is InChI=1S/C21H22ClN3O3/c1-4-25(20(26)13-27-18-10-14(2)9-15(3)11-18)12-19-23-21(24-28-19)16-5-7-17(22)8-6-16/h5-11H,4,12-13H2,1-3H3. The van der Waals surface area contributed by atoms with Gasteiger partial charge < -0.3 is 14.2 Å². The number of ether oxygens (including phenoxy) is 1. The van der Waals surface area contributed by atoms with Gasteiger partial charge in [-0.1, -0.05) is 22.8 Å². The Morgan fingerprint density at radius 2 is 1.82 bits per heavy atom. The van der Waals surface area contributed by atoms with Crippen molar-refractivity contribution in [1.29, 1.82) is 0 Å². The van der Waals surface area contributed by atoms with E-state index < -0.39 is 0 Å². The molecule has 0 saturated carbocycles. The molecule has 0 fully saturated rings. The van der Waals surface area contributed by atoms with Gasteiger partial charge in [0, 0.05) is 17.1 Å². The van der Waals surface area contributed by atoms with E-state index in [9.17, 15) is 4.79 Å². The van der Waals surface area contributed by atoms with Crippen molar-refractivity contribution in [1.82, 2.24) is 15.0 Å². The summed E-state index contributed by atoms with van der Waals surface area (Å²) in [6.45, 7) is 6.57. The molecule has 1 heterocycles. The van der Waals surface area contributed by atoms with Crippen LogP contribution in [-0.2, 0) is 11.3 Å². The highest BCUT2D eigenvalue weighted by Crippen LogP contribution is 2.19. The van der Waals surface area contributed by atoms with Gasteiger partial charge in [0.2, 0.25) is 11.7 Å². The molecule has 3 rings (SSSR count). The van der Waals surface area contributed by atoms with E-state index in [-0.39, 0.29) is 19.1 Å². The minimum absolute atomic E-state index is 0.0467. The number of carbonyl (C=O) groups excluding carboxylic acids is 1. The molecule has 28 heavy (non-hydrogen) atoms. The molecule has 0 bridgehead atoms. The van der Waals surface area contributed by atoms with Crippen LogP contribution in [0, 0.1) is 13.8 Å². The monoisotopic (exact) mass is 399 g/mol. The molecule has 146 valence electrons. The molecule has 0 atom stereocenters. The van der Waals surface area contributed by atoms with Gasteiger partial charge in [-0.15, -0.1) is 0 Å². The Balaban J connectivity index is 1.62. The number of halogens is 1. The molecule has 6 nitrogen and oxygen atoms in total. The van der Waals surface area contributed by atoms with E-state index in [1.165, 1.54) is 0 Å². The van der Waals surface area contributed by atoms with Gasteiger partial charge in [0.25, 0.3) is 5.91 Å². The predicted octanol–water partition coefficient (Wildman–Crippen LogP) is 4.43. The van der Waals surface area contributed by atoms with Crippen molar-refractivity contribution in [2.24, 2.45) is 0 Å². The Labute approximate surface area is 169 Å². The van der Waals surface area contributed by atoms with E-state index in [4.69, 9.17) is 20.9 Å². The van der Waals surface area contributed by atoms with Gasteiger partial charge in [-0.2, -0.15) is 4.98 Å². The van der Waals surface area contributed by atoms with Crippen LogP contribution in [0.2, 0.25) is 5.02 Å². The first-order chi connectivity index (χ1) is 13.4. The molecule has 0 N–H and O–H groups in total. The molecule has 1 amide bonds. The van der Waals surface area contributed by atoms with Gasteiger partial charge in [0.05, 0.1) is 0 Å². The average Bonchev–Trinajstić information content (AvgIpc) is 3.12. The lowest BCUT2D eigenvalue weighted by Gasteiger charge is -2.19. The fourth-order valence-corrected chi connectivity index (χ4v) is 2.95. The molecule has 0 unspecified atom stereocenters. The van der Waals surface area contributed by atoms with Gasteiger partial charge in [0.1, 0.15) is 12.3 Å². The minimum Gasteiger partial charge on any atom is -0.484 e. The zero-order chi connectivity index (χ0) is 20.1. The number of aryl methyl sites for hydroxylation is 2. The van der Waals surface area contributed by atoms with E-state index in [1.807, 2.05) is 45.0 Å². The maximum absolute atomic E-state index is 12.5. The van der Waals surface area contributed by atoms with Crippen LogP contribution in [-0.4, -0.2) is 34.1 Å². The van der Waals surface area contributed by atoms with E-state index in [1.54, 1.807) is 17.0 Å². The summed E-state index contributed by atoms with van der Waals surface area (Å²) in [6.07, 6.45) is 0. The number of benzene rings is 2. The fraction of sp³-hybridized carbons (Fsp3) is 0.286. The number of carbonyl (C=O) groups is 1. The van der Waals surface area contributed by atoms with Gasteiger partial charge >= 0.3 is 0 Å². The van der Waals surface area contributed by atoms with Crippen LogP contribution in [0.1, 0.15) is 23.9 Å². The fourth-order valence-electron chi connectivity index (χ4n) is 2.83. The number of hydrogen-bond donors (Lipinski definition) is 0. The number of likely N-dealkylation sites (N-methyl/N-ethyl adjacent to an activating group) is 1. The van der Waals surface area contributed by atoms with Crippen LogP contribution in [0.3, 0.4) is 0 Å². The largest absolute Gasteiger partial charge is 0.484 e. The minimum atomic E-state index is -0.145. The van der Waals surface area contributed by atoms with Crippen molar-refractivity contribution in [3.8, 4) is 17.1 Å². The van der Waals surface area contributed by atoms with Gasteiger partial charge in [-0.05, 0) is 68.3 Å². The second-order valence-corrected chi connectivity index (χ2v) is 6.98. The summed E-state index contributed by atoms with van der Waals surface area (Å²) in [5, 5.41) is 4.62. The third-order valence-electron chi connectivity index (χ3n) is 4.19. The van der Waals surface area contributed by atoms with Crippen LogP contribution in [0.5, 0.6) is 5.75 Å². The summed E-state index contributed by atoms with van der Waals surface area (Å²) in [5.74, 6) is 1.37. The Bertz CT molecular complexity index is 934.